The van der Waals surface area contributed by atoms with Gasteiger partial charge in [0.15, 0.2) is 0 Å². The van der Waals surface area contributed by atoms with E-state index in [4.69, 9.17) is 11.6 Å². The molecule has 0 bridgehead atoms. The number of anilines is 1. The van der Waals surface area contributed by atoms with Crippen LogP contribution in [0.3, 0.4) is 0 Å². The van der Waals surface area contributed by atoms with Gasteiger partial charge in [-0.2, -0.15) is 5.10 Å². The second kappa shape index (κ2) is 5.75. The molecule has 0 spiro atoms. The summed E-state index contributed by atoms with van der Waals surface area (Å²) < 4.78 is 0. The number of nitrogens with zero attached hydrogens (tertiary/aromatic N) is 3. The standard InChI is InChI=1S/C9H15ClN4/c1-7-8(2)13-14-9(12-7)11-6-4-3-5-10/h3-6H2,1-2H3,(H,11,12,14). The van der Waals surface area contributed by atoms with Gasteiger partial charge in [-0.05, 0) is 26.7 Å². The van der Waals surface area contributed by atoms with Crippen molar-refractivity contribution in [1.29, 1.82) is 0 Å². The molecule has 0 amide bonds. The number of rotatable bonds is 5. The molecule has 0 fully saturated rings. The minimum Gasteiger partial charge on any atom is -0.353 e. The Morgan fingerprint density at radius 3 is 2.57 bits per heavy atom. The highest BCUT2D eigenvalue weighted by Crippen LogP contribution is 2.02. The fraction of sp³-hybridized carbons (Fsp3) is 0.667. The van der Waals surface area contributed by atoms with Crippen molar-refractivity contribution in [2.75, 3.05) is 17.7 Å². The van der Waals surface area contributed by atoms with E-state index < -0.39 is 0 Å². The topological polar surface area (TPSA) is 50.7 Å². The summed E-state index contributed by atoms with van der Waals surface area (Å²) in [6.07, 6.45) is 2.03. The van der Waals surface area contributed by atoms with Crippen LogP contribution in [0.5, 0.6) is 0 Å². The van der Waals surface area contributed by atoms with Crippen LogP contribution >= 0.6 is 11.6 Å². The van der Waals surface area contributed by atoms with E-state index in [-0.39, 0.29) is 0 Å². The zero-order valence-corrected chi connectivity index (χ0v) is 9.30. The Morgan fingerprint density at radius 2 is 1.93 bits per heavy atom. The van der Waals surface area contributed by atoms with Gasteiger partial charge in [-0.25, -0.2) is 4.98 Å². The maximum absolute atomic E-state index is 5.56. The van der Waals surface area contributed by atoms with Gasteiger partial charge in [-0.15, -0.1) is 16.7 Å². The first kappa shape index (κ1) is 11.2. The van der Waals surface area contributed by atoms with Gasteiger partial charge in [0.1, 0.15) is 0 Å². The number of aromatic nitrogens is 3. The van der Waals surface area contributed by atoms with Crippen LogP contribution in [0.15, 0.2) is 0 Å². The van der Waals surface area contributed by atoms with Crippen molar-refractivity contribution < 1.29 is 0 Å². The van der Waals surface area contributed by atoms with Crippen LogP contribution in [0.2, 0.25) is 0 Å². The van der Waals surface area contributed by atoms with E-state index in [9.17, 15) is 0 Å². The third kappa shape index (κ3) is 3.46. The molecule has 1 N–H and O–H groups in total. The average Bonchev–Trinajstić information content (AvgIpc) is 2.18. The maximum Gasteiger partial charge on any atom is 0.242 e. The molecule has 1 aromatic rings. The van der Waals surface area contributed by atoms with Crippen LogP contribution in [0, 0.1) is 13.8 Å². The van der Waals surface area contributed by atoms with Crippen molar-refractivity contribution in [1.82, 2.24) is 15.2 Å². The molecule has 0 aliphatic heterocycles. The number of nitrogens with one attached hydrogen (secondary N) is 1. The lowest BCUT2D eigenvalue weighted by Gasteiger charge is -2.04. The molecule has 4 nitrogen and oxygen atoms in total. The Hall–Kier alpha value is -0.900. The molecule has 78 valence electrons. The van der Waals surface area contributed by atoms with Crippen molar-refractivity contribution in [2.45, 2.75) is 26.7 Å². The van der Waals surface area contributed by atoms with E-state index in [1.807, 2.05) is 13.8 Å². The number of hydrogen-bond acceptors (Lipinski definition) is 4. The van der Waals surface area contributed by atoms with Gasteiger partial charge in [0.05, 0.1) is 11.4 Å². The van der Waals surface area contributed by atoms with Crippen LogP contribution in [-0.2, 0) is 0 Å². The molecule has 0 aliphatic carbocycles. The lowest BCUT2D eigenvalue weighted by molar-refractivity contribution is 0.815. The van der Waals surface area contributed by atoms with Crippen molar-refractivity contribution in [3.63, 3.8) is 0 Å². The van der Waals surface area contributed by atoms with Crippen molar-refractivity contribution in [3.8, 4) is 0 Å². The Kier molecular flexibility index (Phi) is 4.59. The first-order valence-corrected chi connectivity index (χ1v) is 5.25. The molecule has 14 heavy (non-hydrogen) atoms. The molecule has 0 aromatic carbocycles. The SMILES string of the molecule is Cc1nnc(NCCCCCl)nc1C. The predicted molar refractivity (Wildman–Crippen MR) is 57.7 cm³/mol. The van der Waals surface area contributed by atoms with E-state index in [1.54, 1.807) is 0 Å². The number of aryl methyl sites for hydroxylation is 2. The van der Waals surface area contributed by atoms with E-state index in [1.165, 1.54) is 0 Å². The monoisotopic (exact) mass is 214 g/mol. The highest BCUT2D eigenvalue weighted by molar-refractivity contribution is 6.17. The second-order valence-electron chi connectivity index (χ2n) is 3.13. The molecule has 1 aromatic heterocycles. The predicted octanol–water partition coefficient (Wildman–Crippen LogP) is 1.92. The Balaban J connectivity index is 2.39. The highest BCUT2D eigenvalue weighted by Gasteiger charge is 1.99. The van der Waals surface area contributed by atoms with Crippen LogP contribution in [0.1, 0.15) is 24.2 Å². The van der Waals surface area contributed by atoms with E-state index in [2.05, 4.69) is 20.5 Å². The normalized spacial score (nSPS) is 10.2. The molecule has 0 saturated carbocycles. The zero-order chi connectivity index (χ0) is 10.4. The third-order valence-electron chi connectivity index (χ3n) is 1.94. The molecular formula is C9H15ClN4. The van der Waals surface area contributed by atoms with Gasteiger partial charge in [-0.1, -0.05) is 0 Å². The van der Waals surface area contributed by atoms with Gasteiger partial charge < -0.3 is 5.32 Å². The van der Waals surface area contributed by atoms with E-state index in [0.29, 0.717) is 11.8 Å². The highest BCUT2D eigenvalue weighted by atomic mass is 35.5. The fourth-order valence-corrected chi connectivity index (χ4v) is 1.14. The summed E-state index contributed by atoms with van der Waals surface area (Å²) in [5, 5.41) is 11.0. The van der Waals surface area contributed by atoms with Crippen molar-refractivity contribution >= 4 is 17.5 Å². The van der Waals surface area contributed by atoms with Crippen molar-refractivity contribution in [3.05, 3.63) is 11.4 Å². The van der Waals surface area contributed by atoms with Crippen LogP contribution in [-0.4, -0.2) is 27.6 Å². The summed E-state index contributed by atoms with van der Waals surface area (Å²) >= 11 is 5.56. The molecule has 0 radical (unpaired) electrons. The maximum atomic E-state index is 5.56. The molecule has 0 saturated heterocycles. The molecular weight excluding hydrogens is 200 g/mol. The molecule has 1 rings (SSSR count). The lowest BCUT2D eigenvalue weighted by atomic mass is 10.3. The number of unbranched alkanes of at least 4 members (excludes halogenated alkanes) is 1. The van der Waals surface area contributed by atoms with E-state index in [0.717, 1.165) is 30.8 Å². The number of halogens is 1. The quantitative estimate of drug-likeness (QED) is 0.601. The van der Waals surface area contributed by atoms with Gasteiger partial charge in [0.2, 0.25) is 5.95 Å². The summed E-state index contributed by atoms with van der Waals surface area (Å²) in [7, 11) is 0. The lowest BCUT2D eigenvalue weighted by Crippen LogP contribution is -2.08. The summed E-state index contributed by atoms with van der Waals surface area (Å²) in [5.41, 5.74) is 1.79. The minimum atomic E-state index is 0.600. The van der Waals surface area contributed by atoms with Crippen LogP contribution in [0.4, 0.5) is 5.95 Å². The van der Waals surface area contributed by atoms with Crippen LogP contribution < -0.4 is 5.32 Å². The molecule has 0 unspecified atom stereocenters. The van der Waals surface area contributed by atoms with Gasteiger partial charge in [-0.3, -0.25) is 0 Å². The average molecular weight is 215 g/mol. The van der Waals surface area contributed by atoms with Gasteiger partial charge in [0.25, 0.3) is 0 Å². The molecule has 5 heteroatoms. The third-order valence-corrected chi connectivity index (χ3v) is 2.20. The first-order valence-electron chi connectivity index (χ1n) is 4.72. The number of hydrogen-bond donors (Lipinski definition) is 1. The Labute approximate surface area is 89.1 Å². The first-order chi connectivity index (χ1) is 6.74. The van der Waals surface area contributed by atoms with E-state index >= 15 is 0 Å². The molecule has 0 atom stereocenters. The summed E-state index contributed by atoms with van der Waals surface area (Å²) in [5.74, 6) is 1.30. The van der Waals surface area contributed by atoms with Crippen LogP contribution in [0.25, 0.3) is 0 Å². The smallest absolute Gasteiger partial charge is 0.242 e. The number of alkyl halides is 1. The molecule has 0 aliphatic rings. The second-order valence-corrected chi connectivity index (χ2v) is 3.51. The summed E-state index contributed by atoms with van der Waals surface area (Å²) in [6, 6.07) is 0. The Morgan fingerprint density at radius 1 is 1.14 bits per heavy atom. The summed E-state index contributed by atoms with van der Waals surface area (Å²) in [4.78, 5) is 4.25. The summed E-state index contributed by atoms with van der Waals surface area (Å²) in [6.45, 7) is 4.66. The zero-order valence-electron chi connectivity index (χ0n) is 8.55. The van der Waals surface area contributed by atoms with Crippen molar-refractivity contribution in [2.24, 2.45) is 0 Å². The Bertz CT molecular complexity index is 290. The molecule has 1 heterocycles. The largest absolute Gasteiger partial charge is 0.353 e. The minimum absolute atomic E-state index is 0.600. The van der Waals surface area contributed by atoms with Gasteiger partial charge in [0, 0.05) is 12.4 Å². The van der Waals surface area contributed by atoms with Gasteiger partial charge >= 0.3 is 0 Å². The fourth-order valence-electron chi connectivity index (χ4n) is 0.951.